The number of nitrogens with zero attached hydrogens (tertiary/aromatic N) is 6. The van der Waals surface area contributed by atoms with Crippen LogP contribution in [0.2, 0.25) is 0 Å². The van der Waals surface area contributed by atoms with E-state index in [-0.39, 0.29) is 0 Å². The molecular weight excluding hydrogens is 957 g/mol. The zero-order valence-corrected chi connectivity index (χ0v) is 42.1. The Hall–Kier alpha value is -10.8. The van der Waals surface area contributed by atoms with Crippen LogP contribution in [-0.4, -0.2) is 18.3 Å². The Kier molecular flexibility index (Phi) is 8.40. The molecular formula is C70H40N6O2. The highest BCUT2D eigenvalue weighted by Crippen LogP contribution is 2.54. The van der Waals surface area contributed by atoms with E-state index in [1.807, 2.05) is 36.4 Å². The minimum absolute atomic E-state index is 0.318. The van der Waals surface area contributed by atoms with Gasteiger partial charge in [-0.3, -0.25) is 0 Å². The summed E-state index contributed by atoms with van der Waals surface area (Å²) in [5.74, 6) is 0. The van der Waals surface area contributed by atoms with Crippen LogP contribution in [0.4, 0.5) is 5.69 Å². The van der Waals surface area contributed by atoms with E-state index >= 15 is 0 Å². The van der Waals surface area contributed by atoms with Gasteiger partial charge in [-0.25, -0.2) is 4.85 Å². The minimum Gasteiger partial charge on any atom is -0.456 e. The predicted molar refractivity (Wildman–Crippen MR) is 319 cm³/mol. The van der Waals surface area contributed by atoms with E-state index < -0.39 is 0 Å². The van der Waals surface area contributed by atoms with Crippen LogP contribution in [-0.2, 0) is 0 Å². The summed E-state index contributed by atoms with van der Waals surface area (Å²) in [5.41, 5.74) is 15.5. The molecule has 8 nitrogen and oxygen atoms in total. The normalized spacial score (nSPS) is 12.2. The van der Waals surface area contributed by atoms with Gasteiger partial charge in [0.1, 0.15) is 28.4 Å². The molecule has 8 heteroatoms. The average Bonchev–Trinajstić information content (AvgIpc) is 4.48. The number of benzene rings is 11. The molecule has 6 aromatic heterocycles. The first-order valence-corrected chi connectivity index (χ1v) is 26.2. The molecule has 78 heavy (non-hydrogen) atoms. The van der Waals surface area contributed by atoms with Crippen LogP contribution in [0.15, 0.2) is 215 Å². The summed E-state index contributed by atoms with van der Waals surface area (Å²) in [6, 6.07) is 74.8. The lowest BCUT2D eigenvalue weighted by atomic mass is 10.0. The zero-order valence-electron chi connectivity index (χ0n) is 42.1. The lowest BCUT2D eigenvalue weighted by Gasteiger charge is -2.27. The lowest BCUT2D eigenvalue weighted by Crippen LogP contribution is -2.14. The topological polar surface area (TPSA) is 74.2 Å². The average molecular weight is 997 g/mol. The molecule has 0 fully saturated rings. The molecule has 17 rings (SSSR count). The van der Waals surface area contributed by atoms with Gasteiger partial charge in [0, 0.05) is 53.9 Å². The van der Waals surface area contributed by atoms with E-state index in [4.69, 9.17) is 13.7 Å². The first-order valence-electron chi connectivity index (χ1n) is 26.2. The van der Waals surface area contributed by atoms with Crippen molar-refractivity contribution >= 4 is 137 Å². The Morgan fingerprint density at radius 3 is 1.18 bits per heavy atom. The highest BCUT2D eigenvalue weighted by atomic mass is 16.3. The van der Waals surface area contributed by atoms with Crippen molar-refractivity contribution in [2.75, 3.05) is 0 Å². The molecule has 0 amide bonds. The maximum atomic E-state index is 12.7. The number of hydrogen-bond acceptors (Lipinski definition) is 3. The molecule has 0 saturated heterocycles. The van der Waals surface area contributed by atoms with Gasteiger partial charge in [0.25, 0.3) is 0 Å². The van der Waals surface area contributed by atoms with Crippen molar-refractivity contribution in [1.29, 1.82) is 5.26 Å². The summed E-state index contributed by atoms with van der Waals surface area (Å²) >= 11 is 0. The smallest absolute Gasteiger partial charge is 0.237 e. The fourth-order valence-electron chi connectivity index (χ4n) is 13.4. The van der Waals surface area contributed by atoms with E-state index in [0.717, 1.165) is 142 Å². The van der Waals surface area contributed by atoms with Crippen LogP contribution < -0.4 is 0 Å². The number of furan rings is 2. The quantitative estimate of drug-likeness (QED) is 0.165. The van der Waals surface area contributed by atoms with Crippen molar-refractivity contribution in [2.45, 2.75) is 13.8 Å². The number of aromatic nitrogens is 4. The Bertz CT molecular complexity index is 5300. The molecule has 0 unspecified atom stereocenters. The summed E-state index contributed by atoms with van der Waals surface area (Å²) in [6.45, 7) is 14.2. The van der Waals surface area contributed by atoms with Crippen LogP contribution in [0, 0.1) is 31.8 Å². The van der Waals surface area contributed by atoms with E-state index in [9.17, 15) is 11.8 Å². The Morgan fingerprint density at radius 1 is 0.359 bits per heavy atom. The van der Waals surface area contributed by atoms with Gasteiger partial charge < -0.3 is 27.1 Å². The van der Waals surface area contributed by atoms with Gasteiger partial charge in [-0.1, -0.05) is 132 Å². The van der Waals surface area contributed by atoms with E-state index in [2.05, 4.69) is 208 Å². The molecule has 11 aromatic carbocycles. The number of aryl methyl sites for hydroxylation is 2. The molecule has 0 aliphatic heterocycles. The van der Waals surface area contributed by atoms with Crippen molar-refractivity contribution in [1.82, 2.24) is 18.3 Å². The van der Waals surface area contributed by atoms with Crippen molar-refractivity contribution in [3.05, 3.63) is 234 Å². The number of nitriles is 1. The van der Waals surface area contributed by atoms with Crippen LogP contribution in [0.25, 0.3) is 159 Å². The molecule has 0 atom stereocenters. The number of rotatable bonds is 4. The summed E-state index contributed by atoms with van der Waals surface area (Å²) in [6.07, 6.45) is 0. The summed E-state index contributed by atoms with van der Waals surface area (Å²) in [7, 11) is 0. The molecule has 0 aliphatic rings. The first-order chi connectivity index (χ1) is 38.5. The highest BCUT2D eigenvalue weighted by molar-refractivity contribution is 6.27. The first kappa shape index (κ1) is 42.5. The Labute approximate surface area is 444 Å². The maximum Gasteiger partial charge on any atom is 0.237 e. The van der Waals surface area contributed by atoms with Gasteiger partial charge in [0.15, 0.2) is 0 Å². The van der Waals surface area contributed by atoms with Crippen LogP contribution >= 0.6 is 0 Å². The third-order valence-corrected chi connectivity index (χ3v) is 16.5. The number of hydrogen-bond donors (Lipinski definition) is 0. The summed E-state index contributed by atoms with van der Waals surface area (Å²) in [4.78, 5) is 4.83. The zero-order chi connectivity index (χ0) is 51.7. The summed E-state index contributed by atoms with van der Waals surface area (Å²) in [5, 5.41) is 24.7. The molecule has 0 radical (unpaired) electrons. The lowest BCUT2D eigenvalue weighted by molar-refractivity contribution is 0.669. The van der Waals surface area contributed by atoms with Crippen molar-refractivity contribution < 1.29 is 8.83 Å². The van der Waals surface area contributed by atoms with Crippen molar-refractivity contribution in [3.8, 4) is 28.8 Å². The van der Waals surface area contributed by atoms with Gasteiger partial charge in [0.2, 0.25) is 5.69 Å². The molecule has 0 spiro atoms. The SMILES string of the molecule is [C-]#[N+]c1c(-n2c3ccccc3c3ccccc32)c(C#N)c(-n2c3ccc(C)cc3c3ccc4oc5ccccc5c4c32)c(-n2c3ccccc3c3ccccc32)c1-n1c2ccc(C)cc2c2ccc3oc4ccccc4c3c21. The molecule has 0 aliphatic carbocycles. The summed E-state index contributed by atoms with van der Waals surface area (Å²) < 4.78 is 22.7. The van der Waals surface area contributed by atoms with Crippen LogP contribution in [0.3, 0.4) is 0 Å². The van der Waals surface area contributed by atoms with Gasteiger partial charge in [-0.2, -0.15) is 5.26 Å². The second kappa shape index (κ2) is 15.4. The molecule has 0 bridgehead atoms. The Morgan fingerprint density at radius 2 is 0.744 bits per heavy atom. The van der Waals surface area contributed by atoms with E-state index in [0.29, 0.717) is 34.0 Å². The minimum atomic E-state index is 0.318. The largest absolute Gasteiger partial charge is 0.456 e. The van der Waals surface area contributed by atoms with Crippen LogP contribution in [0.1, 0.15) is 16.7 Å². The van der Waals surface area contributed by atoms with E-state index in [1.54, 1.807) is 0 Å². The third kappa shape index (κ3) is 5.39. The van der Waals surface area contributed by atoms with Crippen molar-refractivity contribution in [2.24, 2.45) is 0 Å². The predicted octanol–water partition coefficient (Wildman–Crippen LogP) is 18.9. The maximum absolute atomic E-state index is 12.7. The third-order valence-electron chi connectivity index (χ3n) is 16.5. The second-order valence-corrected chi connectivity index (χ2v) is 20.7. The molecule has 0 N–H and O–H groups in total. The second-order valence-electron chi connectivity index (χ2n) is 20.7. The fourth-order valence-corrected chi connectivity index (χ4v) is 13.4. The van der Waals surface area contributed by atoms with E-state index in [1.165, 1.54) is 0 Å². The van der Waals surface area contributed by atoms with Gasteiger partial charge in [-0.05, 0) is 98.8 Å². The highest BCUT2D eigenvalue weighted by Gasteiger charge is 2.36. The standard InChI is InChI=1S/C70H40N6O2/c1-39-28-32-56-49(36-39)45-30-34-60-62(47-20-8-14-26-58(47)77-60)65(45)75(56)68-51(38-71)67(73-52-22-10-4-16-41(52)42-17-5-11-23-53(42)73)64(72-3)69(70(68)74-54-24-12-6-18-43(54)44-19-7-13-25-55(44)74)76-57-33-29-40(2)37-50(57)46-31-35-61-63(66(46)76)48-21-9-15-27-59(48)78-61/h4-37H,1-2H3. The van der Waals surface area contributed by atoms with Crippen LogP contribution in [0.5, 0.6) is 0 Å². The molecule has 0 saturated carbocycles. The monoisotopic (exact) mass is 996 g/mol. The molecule has 6 heterocycles. The molecule has 17 aromatic rings. The fraction of sp³-hybridized carbons (Fsp3) is 0.0286. The molecule has 362 valence electrons. The van der Waals surface area contributed by atoms with Crippen molar-refractivity contribution in [3.63, 3.8) is 0 Å². The van der Waals surface area contributed by atoms with Gasteiger partial charge in [-0.15, -0.1) is 0 Å². The van der Waals surface area contributed by atoms with Gasteiger partial charge >= 0.3 is 0 Å². The number of fused-ring (bicyclic) bond motifs is 20. The Balaban J connectivity index is 1.24. The van der Waals surface area contributed by atoms with Gasteiger partial charge in [0.05, 0.1) is 89.8 Å². The number of para-hydroxylation sites is 6.